The van der Waals surface area contributed by atoms with Crippen molar-refractivity contribution >= 4 is 11.4 Å². The fraction of sp³-hybridized carbons (Fsp3) is 0.500. The van der Waals surface area contributed by atoms with E-state index in [1.54, 1.807) is 0 Å². The Bertz CT molecular complexity index is 446. The molecule has 0 radical (unpaired) electrons. The van der Waals surface area contributed by atoms with Crippen LogP contribution in [0.25, 0.3) is 0 Å². The number of aromatic nitrogens is 1. The molecule has 0 amide bonds. The summed E-state index contributed by atoms with van der Waals surface area (Å²) in [4.78, 5) is 13.0. The van der Waals surface area contributed by atoms with Crippen LogP contribution >= 0.6 is 0 Å². The van der Waals surface area contributed by atoms with Gasteiger partial charge >= 0.3 is 11.9 Å². The summed E-state index contributed by atoms with van der Waals surface area (Å²) in [5.74, 6) is 0.145. The van der Waals surface area contributed by atoms with E-state index in [9.17, 15) is 23.3 Å². The van der Waals surface area contributed by atoms with Crippen molar-refractivity contribution in [3.63, 3.8) is 0 Å². The zero-order valence-electron chi connectivity index (χ0n) is 9.78. The van der Waals surface area contributed by atoms with E-state index in [1.165, 1.54) is 0 Å². The summed E-state index contributed by atoms with van der Waals surface area (Å²) in [5.41, 5.74) is -1.79. The quantitative estimate of drug-likeness (QED) is 0.669. The van der Waals surface area contributed by atoms with Crippen LogP contribution in [0, 0.1) is 16.0 Å². The zero-order valence-corrected chi connectivity index (χ0v) is 9.78. The Hall–Kier alpha value is -1.86. The molecule has 0 saturated heterocycles. The molecule has 0 spiro atoms. The van der Waals surface area contributed by atoms with Crippen LogP contribution in [0.3, 0.4) is 0 Å². The van der Waals surface area contributed by atoms with Crippen LogP contribution in [0.4, 0.5) is 24.5 Å². The monoisotopic (exact) mass is 263 g/mol. The van der Waals surface area contributed by atoms with Crippen LogP contribution in [0.1, 0.15) is 19.5 Å². The molecule has 1 aromatic heterocycles. The number of pyridine rings is 1. The van der Waals surface area contributed by atoms with Gasteiger partial charge < -0.3 is 5.32 Å². The van der Waals surface area contributed by atoms with E-state index < -0.39 is 22.5 Å². The average Bonchev–Trinajstić information content (AvgIpc) is 2.24. The lowest BCUT2D eigenvalue weighted by atomic mass is 10.2. The third kappa shape index (κ3) is 3.57. The van der Waals surface area contributed by atoms with Crippen molar-refractivity contribution < 1.29 is 18.1 Å². The molecule has 0 saturated carbocycles. The smallest absolute Gasteiger partial charge is 0.379 e. The Morgan fingerprint density at radius 2 is 2.11 bits per heavy atom. The molecule has 0 aromatic carbocycles. The number of hydrogen-bond donors (Lipinski definition) is 1. The van der Waals surface area contributed by atoms with Gasteiger partial charge in [0.05, 0.1) is 4.92 Å². The number of alkyl halides is 3. The molecule has 5 nitrogen and oxygen atoms in total. The molecule has 18 heavy (non-hydrogen) atoms. The van der Waals surface area contributed by atoms with Gasteiger partial charge in [-0.3, -0.25) is 10.1 Å². The predicted octanol–water partition coefficient (Wildman–Crippen LogP) is 3.08. The predicted molar refractivity (Wildman–Crippen MR) is 59.2 cm³/mol. The lowest BCUT2D eigenvalue weighted by molar-refractivity contribution is -0.384. The van der Waals surface area contributed by atoms with Crippen molar-refractivity contribution in [2.45, 2.75) is 20.0 Å². The largest absolute Gasteiger partial charge is 0.433 e. The topological polar surface area (TPSA) is 68.1 Å². The number of nitrogens with one attached hydrogen (secondary N) is 1. The van der Waals surface area contributed by atoms with Crippen molar-refractivity contribution in [3.05, 3.63) is 28.1 Å². The van der Waals surface area contributed by atoms with Gasteiger partial charge in [-0.05, 0) is 12.0 Å². The second-order valence-electron chi connectivity index (χ2n) is 4.12. The first kappa shape index (κ1) is 14.2. The number of rotatable bonds is 4. The summed E-state index contributed by atoms with van der Waals surface area (Å²) in [7, 11) is 0. The van der Waals surface area contributed by atoms with E-state index in [0.717, 1.165) is 0 Å². The number of hydrogen-bond acceptors (Lipinski definition) is 4. The van der Waals surface area contributed by atoms with Gasteiger partial charge in [-0.2, -0.15) is 13.2 Å². The fourth-order valence-electron chi connectivity index (χ4n) is 1.20. The molecule has 100 valence electrons. The third-order valence-electron chi connectivity index (χ3n) is 2.07. The second kappa shape index (κ2) is 5.19. The Morgan fingerprint density at radius 3 is 2.56 bits per heavy atom. The number of halogens is 3. The minimum atomic E-state index is -4.62. The Morgan fingerprint density at radius 1 is 1.50 bits per heavy atom. The highest BCUT2D eigenvalue weighted by atomic mass is 19.4. The van der Waals surface area contributed by atoms with Crippen molar-refractivity contribution in [2.75, 3.05) is 11.9 Å². The highest BCUT2D eigenvalue weighted by Gasteiger charge is 2.34. The van der Waals surface area contributed by atoms with Gasteiger partial charge in [-0.25, -0.2) is 4.98 Å². The maximum Gasteiger partial charge on any atom is 0.433 e. The van der Waals surface area contributed by atoms with Gasteiger partial charge in [0.2, 0.25) is 0 Å². The van der Waals surface area contributed by atoms with Crippen LogP contribution < -0.4 is 5.32 Å². The van der Waals surface area contributed by atoms with Crippen molar-refractivity contribution in [3.8, 4) is 0 Å². The third-order valence-corrected chi connectivity index (χ3v) is 2.07. The first-order valence-electron chi connectivity index (χ1n) is 5.17. The molecule has 0 fully saturated rings. The van der Waals surface area contributed by atoms with E-state index in [2.05, 4.69) is 10.3 Å². The van der Waals surface area contributed by atoms with Crippen LogP contribution in [-0.2, 0) is 6.18 Å². The second-order valence-corrected chi connectivity index (χ2v) is 4.12. The standard InChI is InChI=1S/C10H12F3N3O2/c1-6(2)4-14-7-3-9(10(11,12)13)15-5-8(7)16(17)18/h3,5-6H,4H2,1-2H3,(H,14,15). The molecular weight excluding hydrogens is 251 g/mol. The highest BCUT2D eigenvalue weighted by Crippen LogP contribution is 2.32. The summed E-state index contributed by atoms with van der Waals surface area (Å²) in [6, 6.07) is 0.653. The molecular formula is C10H12F3N3O2. The van der Waals surface area contributed by atoms with E-state index in [0.29, 0.717) is 18.8 Å². The summed E-state index contributed by atoms with van der Waals surface area (Å²) < 4.78 is 37.3. The van der Waals surface area contributed by atoms with Gasteiger partial charge in [0.15, 0.2) is 0 Å². The zero-order chi connectivity index (χ0) is 13.9. The maximum atomic E-state index is 12.4. The molecule has 1 heterocycles. The molecule has 8 heteroatoms. The maximum absolute atomic E-state index is 12.4. The Labute approximate surface area is 101 Å². The summed E-state index contributed by atoms with van der Waals surface area (Å²) in [6.45, 7) is 4.01. The van der Waals surface area contributed by atoms with Crippen molar-refractivity contribution in [1.82, 2.24) is 4.98 Å². The molecule has 1 aromatic rings. The normalized spacial score (nSPS) is 11.7. The van der Waals surface area contributed by atoms with Gasteiger partial charge in [0.25, 0.3) is 0 Å². The summed E-state index contributed by atoms with van der Waals surface area (Å²) in [6.07, 6.45) is -4.01. The van der Waals surface area contributed by atoms with Crippen LogP contribution in [-0.4, -0.2) is 16.5 Å². The van der Waals surface area contributed by atoms with E-state index in [-0.39, 0.29) is 11.6 Å². The van der Waals surface area contributed by atoms with Gasteiger partial charge in [-0.1, -0.05) is 13.8 Å². The molecule has 0 bridgehead atoms. The molecule has 0 aliphatic heterocycles. The van der Waals surface area contributed by atoms with E-state index >= 15 is 0 Å². The average molecular weight is 263 g/mol. The molecule has 1 rings (SSSR count). The highest BCUT2D eigenvalue weighted by molar-refractivity contribution is 5.61. The number of nitro groups is 1. The number of anilines is 1. The summed E-state index contributed by atoms with van der Waals surface area (Å²) >= 11 is 0. The van der Waals surface area contributed by atoms with Crippen LogP contribution in [0.15, 0.2) is 12.3 Å². The lowest BCUT2D eigenvalue weighted by Gasteiger charge is -2.11. The van der Waals surface area contributed by atoms with E-state index in [4.69, 9.17) is 0 Å². The van der Waals surface area contributed by atoms with Crippen LogP contribution in [0.2, 0.25) is 0 Å². The van der Waals surface area contributed by atoms with E-state index in [1.807, 2.05) is 13.8 Å². The molecule has 1 N–H and O–H groups in total. The first-order valence-corrected chi connectivity index (χ1v) is 5.17. The lowest BCUT2D eigenvalue weighted by Crippen LogP contribution is -2.13. The summed E-state index contributed by atoms with van der Waals surface area (Å²) in [5, 5.41) is 13.3. The van der Waals surface area contributed by atoms with Gasteiger partial charge in [-0.15, -0.1) is 0 Å². The minimum absolute atomic E-state index is 0.145. The Balaban J connectivity index is 3.12. The van der Waals surface area contributed by atoms with Gasteiger partial charge in [0.1, 0.15) is 17.6 Å². The molecule has 0 aliphatic rings. The minimum Gasteiger partial charge on any atom is -0.379 e. The van der Waals surface area contributed by atoms with Crippen LogP contribution in [0.5, 0.6) is 0 Å². The molecule has 0 aliphatic carbocycles. The first-order chi connectivity index (χ1) is 8.21. The van der Waals surface area contributed by atoms with Gasteiger partial charge in [0, 0.05) is 6.54 Å². The number of nitrogens with zero attached hydrogens (tertiary/aromatic N) is 2. The Kier molecular flexibility index (Phi) is 4.10. The molecule has 0 unspecified atom stereocenters. The fourth-order valence-corrected chi connectivity index (χ4v) is 1.20. The van der Waals surface area contributed by atoms with Crippen molar-refractivity contribution in [2.24, 2.45) is 5.92 Å². The molecule has 0 atom stereocenters. The van der Waals surface area contributed by atoms with Crippen molar-refractivity contribution in [1.29, 1.82) is 0 Å². The SMILES string of the molecule is CC(C)CNc1cc(C(F)(F)F)ncc1[N+](=O)[O-].